The SMILES string of the molecule is C#CCNC(=O)CC(=O)c1ccccc1C. The second-order valence-electron chi connectivity index (χ2n) is 3.40. The molecule has 0 radical (unpaired) electrons. The molecule has 1 aromatic rings. The van der Waals surface area contributed by atoms with Crippen molar-refractivity contribution in [2.75, 3.05) is 6.54 Å². The van der Waals surface area contributed by atoms with Gasteiger partial charge in [0.1, 0.15) is 0 Å². The molecule has 0 aromatic heterocycles. The Morgan fingerprint density at radius 3 is 2.69 bits per heavy atom. The minimum absolute atomic E-state index is 0.153. The van der Waals surface area contributed by atoms with Crippen LogP contribution in [0.25, 0.3) is 0 Å². The molecule has 0 atom stereocenters. The largest absolute Gasteiger partial charge is 0.345 e. The third kappa shape index (κ3) is 3.25. The summed E-state index contributed by atoms with van der Waals surface area (Å²) in [5, 5.41) is 2.46. The smallest absolute Gasteiger partial charge is 0.228 e. The molecule has 0 saturated heterocycles. The molecule has 1 rings (SSSR count). The fourth-order valence-electron chi connectivity index (χ4n) is 1.34. The molecule has 1 aromatic carbocycles. The van der Waals surface area contributed by atoms with Crippen LogP contribution in [-0.2, 0) is 4.79 Å². The molecule has 82 valence electrons. The highest BCUT2D eigenvalue weighted by Crippen LogP contribution is 2.09. The summed E-state index contributed by atoms with van der Waals surface area (Å²) in [5.74, 6) is 1.75. The van der Waals surface area contributed by atoms with Crippen molar-refractivity contribution < 1.29 is 9.59 Å². The van der Waals surface area contributed by atoms with Crippen LogP contribution in [-0.4, -0.2) is 18.2 Å². The lowest BCUT2D eigenvalue weighted by molar-refractivity contribution is -0.119. The van der Waals surface area contributed by atoms with Gasteiger partial charge in [0, 0.05) is 5.56 Å². The summed E-state index contributed by atoms with van der Waals surface area (Å²) in [6.07, 6.45) is 4.83. The van der Waals surface area contributed by atoms with Crippen molar-refractivity contribution in [2.45, 2.75) is 13.3 Å². The van der Waals surface area contributed by atoms with E-state index in [0.717, 1.165) is 5.56 Å². The molecule has 0 saturated carbocycles. The number of benzene rings is 1. The molecule has 0 aliphatic rings. The van der Waals surface area contributed by atoms with Crippen molar-refractivity contribution >= 4 is 11.7 Å². The van der Waals surface area contributed by atoms with E-state index in [1.54, 1.807) is 12.1 Å². The highest BCUT2D eigenvalue weighted by molar-refractivity contribution is 6.08. The average molecular weight is 215 g/mol. The minimum atomic E-state index is -0.341. The first-order chi connectivity index (χ1) is 7.65. The number of Topliss-reactive ketones (excluding diaryl/α,β-unsaturated/α-hetero) is 1. The Labute approximate surface area is 94.9 Å². The summed E-state index contributed by atoms with van der Waals surface area (Å²) >= 11 is 0. The van der Waals surface area contributed by atoms with Gasteiger partial charge >= 0.3 is 0 Å². The molecule has 1 N–H and O–H groups in total. The Hall–Kier alpha value is -2.08. The van der Waals surface area contributed by atoms with E-state index >= 15 is 0 Å². The molecule has 0 heterocycles. The quantitative estimate of drug-likeness (QED) is 0.467. The van der Waals surface area contributed by atoms with Gasteiger partial charge in [-0.15, -0.1) is 6.42 Å². The predicted octanol–water partition coefficient (Wildman–Crippen LogP) is 1.32. The van der Waals surface area contributed by atoms with E-state index in [-0.39, 0.29) is 24.7 Å². The van der Waals surface area contributed by atoms with Gasteiger partial charge in [0.05, 0.1) is 13.0 Å². The van der Waals surface area contributed by atoms with Gasteiger partial charge in [0.15, 0.2) is 5.78 Å². The average Bonchev–Trinajstić information content (AvgIpc) is 2.26. The number of carbonyl (C=O) groups is 2. The molecular formula is C13H13NO2. The van der Waals surface area contributed by atoms with Crippen molar-refractivity contribution in [2.24, 2.45) is 0 Å². The number of aryl methyl sites for hydroxylation is 1. The maximum absolute atomic E-state index is 11.7. The van der Waals surface area contributed by atoms with Crippen LogP contribution >= 0.6 is 0 Å². The first kappa shape index (κ1) is 12.0. The monoisotopic (exact) mass is 215 g/mol. The van der Waals surface area contributed by atoms with Crippen LogP contribution in [0.2, 0.25) is 0 Å². The number of rotatable bonds is 4. The van der Waals surface area contributed by atoms with Gasteiger partial charge in [-0.2, -0.15) is 0 Å². The van der Waals surface area contributed by atoms with Crippen LogP contribution in [0.5, 0.6) is 0 Å². The van der Waals surface area contributed by atoms with Crippen LogP contribution < -0.4 is 5.32 Å². The van der Waals surface area contributed by atoms with Crippen LogP contribution in [0.3, 0.4) is 0 Å². The fourth-order valence-corrected chi connectivity index (χ4v) is 1.34. The first-order valence-electron chi connectivity index (χ1n) is 4.94. The highest BCUT2D eigenvalue weighted by Gasteiger charge is 2.12. The topological polar surface area (TPSA) is 46.2 Å². The van der Waals surface area contributed by atoms with Crippen LogP contribution in [0.15, 0.2) is 24.3 Å². The summed E-state index contributed by atoms with van der Waals surface area (Å²) in [7, 11) is 0. The number of ketones is 1. The zero-order valence-corrected chi connectivity index (χ0v) is 9.12. The second-order valence-corrected chi connectivity index (χ2v) is 3.40. The van der Waals surface area contributed by atoms with E-state index in [4.69, 9.17) is 6.42 Å². The highest BCUT2D eigenvalue weighted by atomic mass is 16.2. The summed E-state index contributed by atoms with van der Waals surface area (Å²) in [6, 6.07) is 7.18. The van der Waals surface area contributed by atoms with Gasteiger partial charge in [-0.1, -0.05) is 30.2 Å². The molecule has 0 spiro atoms. The van der Waals surface area contributed by atoms with Gasteiger partial charge in [-0.25, -0.2) is 0 Å². The number of hydrogen-bond acceptors (Lipinski definition) is 2. The van der Waals surface area contributed by atoms with Crippen LogP contribution in [0.4, 0.5) is 0 Å². The fraction of sp³-hybridized carbons (Fsp3) is 0.231. The van der Waals surface area contributed by atoms with Gasteiger partial charge in [-0.05, 0) is 12.5 Å². The Balaban J connectivity index is 2.63. The Morgan fingerprint density at radius 1 is 1.38 bits per heavy atom. The van der Waals surface area contributed by atoms with E-state index in [9.17, 15) is 9.59 Å². The van der Waals surface area contributed by atoms with E-state index in [1.807, 2.05) is 19.1 Å². The molecule has 3 heteroatoms. The lowest BCUT2D eigenvalue weighted by Gasteiger charge is -2.04. The molecule has 0 bridgehead atoms. The van der Waals surface area contributed by atoms with Gasteiger partial charge < -0.3 is 5.32 Å². The molecule has 0 unspecified atom stereocenters. The minimum Gasteiger partial charge on any atom is -0.345 e. The molecule has 0 fully saturated rings. The second kappa shape index (κ2) is 5.72. The summed E-state index contributed by atoms with van der Waals surface area (Å²) in [5.41, 5.74) is 1.45. The summed E-state index contributed by atoms with van der Waals surface area (Å²) in [6.45, 7) is 1.99. The van der Waals surface area contributed by atoms with E-state index in [0.29, 0.717) is 5.56 Å². The van der Waals surface area contributed by atoms with Crippen molar-refractivity contribution in [3.8, 4) is 12.3 Å². The zero-order chi connectivity index (χ0) is 12.0. The standard InChI is InChI=1S/C13H13NO2/c1-3-8-14-13(16)9-12(15)11-7-5-4-6-10(11)2/h1,4-7H,8-9H2,2H3,(H,14,16). The zero-order valence-electron chi connectivity index (χ0n) is 9.12. The maximum atomic E-state index is 11.7. The van der Waals surface area contributed by atoms with Crippen LogP contribution in [0, 0.1) is 19.3 Å². The summed E-state index contributed by atoms with van der Waals surface area (Å²) in [4.78, 5) is 23.0. The Morgan fingerprint density at radius 2 is 2.06 bits per heavy atom. The van der Waals surface area contributed by atoms with E-state index in [1.165, 1.54) is 0 Å². The lowest BCUT2D eigenvalue weighted by Crippen LogP contribution is -2.26. The summed E-state index contributed by atoms with van der Waals surface area (Å²) < 4.78 is 0. The van der Waals surface area contributed by atoms with E-state index < -0.39 is 0 Å². The Kier molecular flexibility index (Phi) is 4.28. The van der Waals surface area contributed by atoms with Gasteiger partial charge in [0.2, 0.25) is 5.91 Å². The number of terminal acetylenes is 1. The predicted molar refractivity (Wildman–Crippen MR) is 62.0 cm³/mol. The number of amides is 1. The number of nitrogens with one attached hydrogen (secondary N) is 1. The van der Waals surface area contributed by atoms with Crippen LogP contribution in [0.1, 0.15) is 22.3 Å². The van der Waals surface area contributed by atoms with Crippen molar-refractivity contribution in [1.29, 1.82) is 0 Å². The molecular weight excluding hydrogens is 202 g/mol. The van der Waals surface area contributed by atoms with Gasteiger partial charge in [0.25, 0.3) is 0 Å². The molecule has 3 nitrogen and oxygen atoms in total. The van der Waals surface area contributed by atoms with Crippen molar-refractivity contribution in [3.05, 3.63) is 35.4 Å². The molecule has 0 aliphatic heterocycles. The molecule has 0 aliphatic carbocycles. The normalized spacial score (nSPS) is 9.25. The van der Waals surface area contributed by atoms with E-state index in [2.05, 4.69) is 11.2 Å². The maximum Gasteiger partial charge on any atom is 0.228 e. The molecule has 16 heavy (non-hydrogen) atoms. The number of hydrogen-bond donors (Lipinski definition) is 1. The first-order valence-corrected chi connectivity index (χ1v) is 4.94. The lowest BCUT2D eigenvalue weighted by atomic mass is 10.0. The van der Waals surface area contributed by atoms with Gasteiger partial charge in [-0.3, -0.25) is 9.59 Å². The third-order valence-corrected chi connectivity index (χ3v) is 2.15. The Bertz CT molecular complexity index is 443. The third-order valence-electron chi connectivity index (χ3n) is 2.15. The number of carbonyl (C=O) groups excluding carboxylic acids is 2. The van der Waals surface area contributed by atoms with Crippen molar-refractivity contribution in [3.63, 3.8) is 0 Å². The molecule has 1 amide bonds. The van der Waals surface area contributed by atoms with Crippen molar-refractivity contribution in [1.82, 2.24) is 5.32 Å².